The normalized spacial score (nSPS) is 11.5. The predicted octanol–water partition coefficient (Wildman–Crippen LogP) is 2.35. The third kappa shape index (κ3) is 2.35. The summed E-state index contributed by atoms with van der Waals surface area (Å²) in [6.07, 6.45) is 2.12. The highest BCUT2D eigenvalue weighted by atomic mass is 32.2. The molecule has 4 aromatic rings. The molecule has 110 valence electrons. The van der Waals surface area contributed by atoms with Crippen LogP contribution in [0, 0.1) is 13.8 Å². The molecule has 1 aromatic carbocycles. The van der Waals surface area contributed by atoms with Crippen LogP contribution in [0.2, 0.25) is 0 Å². The first kappa shape index (κ1) is 13.3. The summed E-state index contributed by atoms with van der Waals surface area (Å²) in [6, 6.07) is 10.3. The van der Waals surface area contributed by atoms with Gasteiger partial charge in [-0.15, -0.1) is 0 Å². The van der Waals surface area contributed by atoms with E-state index in [1.165, 1.54) is 5.69 Å². The molecule has 3 N–H and O–H groups in total. The maximum atomic E-state index is 4.53. The van der Waals surface area contributed by atoms with Crippen LogP contribution in [0.4, 0.5) is 0 Å². The van der Waals surface area contributed by atoms with E-state index in [1.54, 1.807) is 11.8 Å². The summed E-state index contributed by atoms with van der Waals surface area (Å²) < 4.78 is 2.10. The van der Waals surface area contributed by atoms with Gasteiger partial charge >= 0.3 is 10.9 Å². The molecular weight excluding hydrogens is 294 g/mol. The predicted molar refractivity (Wildman–Crippen MR) is 85.6 cm³/mol. The lowest BCUT2D eigenvalue weighted by Gasteiger charge is -1.91. The van der Waals surface area contributed by atoms with E-state index in [4.69, 9.17) is 0 Å². The summed E-state index contributed by atoms with van der Waals surface area (Å²) in [4.78, 5) is 14.7. The van der Waals surface area contributed by atoms with Gasteiger partial charge in [-0.1, -0.05) is 17.1 Å². The molecule has 0 saturated carbocycles. The van der Waals surface area contributed by atoms with Crippen molar-refractivity contribution in [3.8, 4) is 0 Å². The van der Waals surface area contributed by atoms with E-state index < -0.39 is 0 Å². The molecule has 6 heteroatoms. The van der Waals surface area contributed by atoms with Gasteiger partial charge in [0, 0.05) is 6.07 Å². The highest BCUT2D eigenvalue weighted by molar-refractivity contribution is 7.98. The zero-order valence-electron chi connectivity index (χ0n) is 12.5. The summed E-state index contributed by atoms with van der Waals surface area (Å²) in [6.45, 7) is 4.11. The van der Waals surface area contributed by atoms with Crippen molar-refractivity contribution in [1.29, 1.82) is 0 Å². The monoisotopic (exact) mass is 311 g/mol. The minimum atomic E-state index is 0.852. The van der Waals surface area contributed by atoms with Crippen LogP contribution in [-0.2, 0) is 5.75 Å². The second-order valence-corrected chi connectivity index (χ2v) is 6.41. The number of hydrogen-bond donors (Lipinski definition) is 2. The number of nitrogens with zero attached hydrogens (tertiary/aromatic N) is 2. The lowest BCUT2D eigenvalue weighted by atomic mass is 10.3. The number of fused-ring (bicyclic) bond motifs is 2. The first-order chi connectivity index (χ1) is 10.7. The average molecular weight is 311 g/mol. The molecule has 0 radical (unpaired) electrons. The van der Waals surface area contributed by atoms with Crippen molar-refractivity contribution in [2.24, 2.45) is 0 Å². The summed E-state index contributed by atoms with van der Waals surface area (Å²) in [7, 11) is 0. The largest absolute Gasteiger partial charge is 0.401 e. The minimum Gasteiger partial charge on any atom is -0.242 e. The number of aryl methyl sites for hydroxylation is 2. The molecule has 5 nitrogen and oxygen atoms in total. The van der Waals surface area contributed by atoms with Crippen LogP contribution < -0.4 is 9.38 Å². The summed E-state index contributed by atoms with van der Waals surface area (Å²) >= 11 is 1.74. The summed E-state index contributed by atoms with van der Waals surface area (Å²) in [5, 5.41) is 1.06. The van der Waals surface area contributed by atoms with Gasteiger partial charge in [0.15, 0.2) is 11.0 Å². The molecule has 0 atom stereocenters. The van der Waals surface area contributed by atoms with Crippen LogP contribution in [0.25, 0.3) is 16.8 Å². The van der Waals surface area contributed by atoms with E-state index >= 15 is 0 Å². The number of rotatable bonds is 3. The Labute approximate surface area is 131 Å². The van der Waals surface area contributed by atoms with Crippen LogP contribution in [-0.4, -0.2) is 15.0 Å². The zero-order chi connectivity index (χ0) is 15.1. The van der Waals surface area contributed by atoms with Gasteiger partial charge in [-0.3, -0.25) is 0 Å². The number of thioether (sulfide) groups is 1. The average Bonchev–Trinajstić information content (AvgIpc) is 3.07. The maximum absolute atomic E-state index is 4.53. The molecule has 0 fully saturated rings. The van der Waals surface area contributed by atoms with Crippen LogP contribution in [0.15, 0.2) is 41.7 Å². The molecule has 0 bridgehead atoms. The fourth-order valence-corrected chi connectivity index (χ4v) is 3.46. The Morgan fingerprint density at radius 2 is 2.09 bits per heavy atom. The van der Waals surface area contributed by atoms with Gasteiger partial charge in [-0.2, -0.15) is 0 Å². The van der Waals surface area contributed by atoms with Gasteiger partial charge in [-0.05, 0) is 37.7 Å². The SMILES string of the molecule is Cc1cc(C)[n+]2cc(CSc3[nH]c4ccccc4[nH+]3)[nH]c2n1. The van der Waals surface area contributed by atoms with Gasteiger partial charge in [0.25, 0.3) is 0 Å². The van der Waals surface area contributed by atoms with E-state index in [0.717, 1.165) is 39.1 Å². The van der Waals surface area contributed by atoms with E-state index in [0.29, 0.717) is 0 Å². The van der Waals surface area contributed by atoms with Crippen molar-refractivity contribution in [2.75, 3.05) is 0 Å². The molecule has 3 aromatic heterocycles. The van der Waals surface area contributed by atoms with E-state index in [1.807, 2.05) is 19.1 Å². The van der Waals surface area contributed by atoms with Crippen LogP contribution in [0.5, 0.6) is 0 Å². The smallest absolute Gasteiger partial charge is 0.242 e. The Bertz CT molecular complexity index is 936. The van der Waals surface area contributed by atoms with Crippen molar-refractivity contribution in [3.05, 3.63) is 53.6 Å². The first-order valence-corrected chi connectivity index (χ1v) is 8.18. The lowest BCUT2D eigenvalue weighted by molar-refractivity contribution is -0.520. The number of para-hydroxylation sites is 2. The molecule has 0 aliphatic heterocycles. The van der Waals surface area contributed by atoms with Gasteiger partial charge < -0.3 is 0 Å². The number of aromatic nitrogens is 5. The molecule has 0 unspecified atom stereocenters. The van der Waals surface area contributed by atoms with Crippen LogP contribution in [0.3, 0.4) is 0 Å². The van der Waals surface area contributed by atoms with Gasteiger partial charge in [0.2, 0.25) is 0 Å². The molecule has 0 aliphatic rings. The highest BCUT2D eigenvalue weighted by Gasteiger charge is 2.15. The molecule has 0 saturated heterocycles. The number of imidazole rings is 2. The second-order valence-electron chi connectivity index (χ2n) is 5.43. The molecule has 0 spiro atoms. The van der Waals surface area contributed by atoms with Gasteiger partial charge in [0.05, 0.1) is 11.4 Å². The second kappa shape index (κ2) is 5.14. The Morgan fingerprint density at radius 1 is 1.23 bits per heavy atom. The summed E-state index contributed by atoms with van der Waals surface area (Å²) in [5.74, 6) is 1.75. The van der Waals surface area contributed by atoms with Crippen molar-refractivity contribution >= 4 is 28.6 Å². The third-order valence-electron chi connectivity index (χ3n) is 3.66. The summed E-state index contributed by atoms with van der Waals surface area (Å²) in [5.41, 5.74) is 5.63. The number of hydrogen-bond acceptors (Lipinski definition) is 2. The zero-order valence-corrected chi connectivity index (χ0v) is 13.3. The molecule has 4 rings (SSSR count). The molecule has 22 heavy (non-hydrogen) atoms. The van der Waals surface area contributed by atoms with Crippen molar-refractivity contribution in [1.82, 2.24) is 15.0 Å². The van der Waals surface area contributed by atoms with E-state index in [-0.39, 0.29) is 0 Å². The number of H-pyrrole nitrogens is 3. The lowest BCUT2D eigenvalue weighted by Crippen LogP contribution is -2.24. The Morgan fingerprint density at radius 3 is 2.95 bits per heavy atom. The van der Waals surface area contributed by atoms with E-state index in [2.05, 4.69) is 55.7 Å². The Kier molecular flexibility index (Phi) is 3.11. The van der Waals surface area contributed by atoms with E-state index in [9.17, 15) is 0 Å². The van der Waals surface area contributed by atoms with Crippen molar-refractivity contribution in [2.45, 2.75) is 24.8 Å². The quantitative estimate of drug-likeness (QED) is 0.451. The topological polar surface area (TPSA) is 62.7 Å². The first-order valence-electron chi connectivity index (χ1n) is 7.19. The van der Waals surface area contributed by atoms with Gasteiger partial charge in [-0.25, -0.2) is 19.4 Å². The minimum absolute atomic E-state index is 0.852. The molecular formula is C16H17N5S+2. The molecule has 0 aliphatic carbocycles. The number of nitrogens with one attached hydrogen (secondary N) is 3. The number of benzene rings is 1. The van der Waals surface area contributed by atoms with Crippen LogP contribution in [0.1, 0.15) is 17.1 Å². The fraction of sp³-hybridized carbons (Fsp3) is 0.188. The Hall–Kier alpha value is -2.34. The Balaban J connectivity index is 1.59. The molecule has 0 amide bonds. The van der Waals surface area contributed by atoms with Gasteiger partial charge in [0.1, 0.15) is 17.6 Å². The van der Waals surface area contributed by atoms with Crippen LogP contribution >= 0.6 is 11.8 Å². The molecule has 3 heterocycles. The van der Waals surface area contributed by atoms with Crippen molar-refractivity contribution in [3.63, 3.8) is 0 Å². The highest BCUT2D eigenvalue weighted by Crippen LogP contribution is 2.19. The third-order valence-corrected chi connectivity index (χ3v) is 4.61. The standard InChI is InChI=1S/C16H15N5S/c1-10-7-11(2)21-8-12(18-15(21)17-10)9-22-16-19-13-5-3-4-6-14(13)20-16/h3-8H,9H2,1-2H3,(H,19,20)/p+2. The van der Waals surface area contributed by atoms with Crippen molar-refractivity contribution < 1.29 is 9.38 Å². The number of aromatic amines is 3. The maximum Gasteiger partial charge on any atom is 0.401 e. The fourth-order valence-electron chi connectivity index (χ4n) is 2.65.